The van der Waals surface area contributed by atoms with E-state index < -0.39 is 0 Å². The fraction of sp³-hybridized carbons (Fsp3) is 1.00. The van der Waals surface area contributed by atoms with Crippen LogP contribution >= 0.6 is 0 Å². The van der Waals surface area contributed by atoms with E-state index in [2.05, 4.69) is 20.8 Å². The highest BCUT2D eigenvalue weighted by Crippen LogP contribution is 2.34. The van der Waals surface area contributed by atoms with E-state index in [9.17, 15) is 0 Å². The van der Waals surface area contributed by atoms with Crippen molar-refractivity contribution in [1.29, 1.82) is 0 Å². The molecular weight excluding hydrogens is 144 g/mol. The molecule has 0 aliphatic heterocycles. The van der Waals surface area contributed by atoms with Crippen LogP contribution in [0, 0.1) is 17.8 Å². The number of hydrogen-bond acceptors (Lipinski definition) is 0. The molecule has 0 radical (unpaired) electrons. The van der Waals surface area contributed by atoms with Gasteiger partial charge in [-0.25, -0.2) is 0 Å². The summed E-state index contributed by atoms with van der Waals surface area (Å²) in [4.78, 5) is 0. The van der Waals surface area contributed by atoms with Crippen LogP contribution in [0.25, 0.3) is 0 Å². The van der Waals surface area contributed by atoms with Crippen LogP contribution in [0.5, 0.6) is 0 Å². The zero-order valence-electron chi connectivity index (χ0n) is 8.97. The minimum atomic E-state index is 0.908. The zero-order valence-corrected chi connectivity index (χ0v) is 8.97. The standard InChI is InChI=1S/C12H24/c1-4-11-6-5-7-12(9-11)8-10(2)3/h10-12H,4-9H2,1-3H3/t11-,12?/m0/s1. The van der Waals surface area contributed by atoms with E-state index in [1.54, 1.807) is 0 Å². The summed E-state index contributed by atoms with van der Waals surface area (Å²) in [5, 5.41) is 0. The Labute approximate surface area is 77.7 Å². The first-order valence-electron chi connectivity index (χ1n) is 5.72. The lowest BCUT2D eigenvalue weighted by Gasteiger charge is -2.29. The average Bonchev–Trinajstić information content (AvgIpc) is 2.03. The molecule has 0 spiro atoms. The Morgan fingerprint density at radius 2 is 1.83 bits per heavy atom. The van der Waals surface area contributed by atoms with Crippen molar-refractivity contribution in [2.45, 2.75) is 59.3 Å². The summed E-state index contributed by atoms with van der Waals surface area (Å²) >= 11 is 0. The van der Waals surface area contributed by atoms with Crippen molar-refractivity contribution < 1.29 is 0 Å². The Bertz CT molecular complexity index is 115. The van der Waals surface area contributed by atoms with Gasteiger partial charge in [-0.1, -0.05) is 46.5 Å². The van der Waals surface area contributed by atoms with Crippen LogP contribution in [-0.2, 0) is 0 Å². The fourth-order valence-corrected chi connectivity index (χ4v) is 2.65. The molecule has 0 nitrogen and oxygen atoms in total. The molecule has 1 saturated carbocycles. The third kappa shape index (κ3) is 3.16. The van der Waals surface area contributed by atoms with E-state index in [-0.39, 0.29) is 0 Å². The molecule has 0 heteroatoms. The van der Waals surface area contributed by atoms with Crippen molar-refractivity contribution in [3.05, 3.63) is 0 Å². The molecule has 0 saturated heterocycles. The Hall–Kier alpha value is 0. The largest absolute Gasteiger partial charge is 0.0651 e. The van der Waals surface area contributed by atoms with Gasteiger partial charge in [0, 0.05) is 0 Å². The quantitative estimate of drug-likeness (QED) is 0.591. The second kappa shape index (κ2) is 4.89. The molecule has 0 aromatic heterocycles. The predicted molar refractivity (Wildman–Crippen MR) is 55.2 cm³/mol. The van der Waals surface area contributed by atoms with Gasteiger partial charge in [-0.05, 0) is 30.6 Å². The first kappa shape index (κ1) is 10.1. The van der Waals surface area contributed by atoms with Gasteiger partial charge in [0.05, 0.1) is 0 Å². The molecule has 72 valence electrons. The minimum Gasteiger partial charge on any atom is -0.0651 e. The van der Waals surface area contributed by atoms with Crippen LogP contribution in [0.1, 0.15) is 59.3 Å². The first-order valence-corrected chi connectivity index (χ1v) is 5.72. The maximum atomic E-state index is 2.36. The summed E-state index contributed by atoms with van der Waals surface area (Å²) in [6, 6.07) is 0. The Kier molecular flexibility index (Phi) is 4.11. The summed E-state index contributed by atoms with van der Waals surface area (Å²) in [5.74, 6) is 3.02. The van der Waals surface area contributed by atoms with Crippen LogP contribution in [0.2, 0.25) is 0 Å². The van der Waals surface area contributed by atoms with E-state index >= 15 is 0 Å². The van der Waals surface area contributed by atoms with E-state index in [1.165, 1.54) is 38.5 Å². The van der Waals surface area contributed by atoms with E-state index in [0.29, 0.717) is 0 Å². The Morgan fingerprint density at radius 3 is 2.42 bits per heavy atom. The third-order valence-electron chi connectivity index (χ3n) is 3.27. The van der Waals surface area contributed by atoms with Crippen molar-refractivity contribution in [3.63, 3.8) is 0 Å². The molecular formula is C12H24. The monoisotopic (exact) mass is 168 g/mol. The maximum absolute atomic E-state index is 2.36. The van der Waals surface area contributed by atoms with E-state index in [4.69, 9.17) is 0 Å². The van der Waals surface area contributed by atoms with Gasteiger partial charge in [0.15, 0.2) is 0 Å². The van der Waals surface area contributed by atoms with Crippen molar-refractivity contribution >= 4 is 0 Å². The molecule has 0 N–H and O–H groups in total. The molecule has 1 aliphatic rings. The smallest absolute Gasteiger partial charge is 0.0409 e. The molecule has 2 atom stereocenters. The van der Waals surface area contributed by atoms with Crippen molar-refractivity contribution in [3.8, 4) is 0 Å². The van der Waals surface area contributed by atoms with Crippen LogP contribution in [0.3, 0.4) is 0 Å². The fourth-order valence-electron chi connectivity index (χ4n) is 2.65. The second-order valence-electron chi connectivity index (χ2n) is 4.94. The highest BCUT2D eigenvalue weighted by Gasteiger charge is 2.20. The summed E-state index contributed by atoms with van der Waals surface area (Å²) < 4.78 is 0. The summed E-state index contributed by atoms with van der Waals surface area (Å²) in [6.45, 7) is 7.06. The highest BCUT2D eigenvalue weighted by atomic mass is 14.3. The summed E-state index contributed by atoms with van der Waals surface area (Å²) in [6.07, 6.45) is 8.91. The van der Waals surface area contributed by atoms with Crippen LogP contribution in [0.4, 0.5) is 0 Å². The number of rotatable bonds is 3. The van der Waals surface area contributed by atoms with E-state index in [0.717, 1.165) is 17.8 Å². The molecule has 1 fully saturated rings. The summed E-state index contributed by atoms with van der Waals surface area (Å²) in [5.41, 5.74) is 0. The van der Waals surface area contributed by atoms with Gasteiger partial charge < -0.3 is 0 Å². The predicted octanol–water partition coefficient (Wildman–Crippen LogP) is 4.25. The molecule has 0 aromatic rings. The molecule has 1 unspecified atom stereocenters. The molecule has 1 aliphatic carbocycles. The lowest BCUT2D eigenvalue weighted by atomic mass is 9.77. The molecule has 0 amide bonds. The first-order chi connectivity index (χ1) is 5.72. The summed E-state index contributed by atoms with van der Waals surface area (Å²) in [7, 11) is 0. The van der Waals surface area contributed by atoms with Crippen LogP contribution in [0.15, 0.2) is 0 Å². The Balaban J connectivity index is 2.25. The van der Waals surface area contributed by atoms with Crippen molar-refractivity contribution in [1.82, 2.24) is 0 Å². The van der Waals surface area contributed by atoms with Gasteiger partial charge in [-0.2, -0.15) is 0 Å². The SMILES string of the molecule is CC[C@H]1CCCC(CC(C)C)C1. The molecule has 0 aromatic carbocycles. The molecule has 0 heterocycles. The Morgan fingerprint density at radius 1 is 1.17 bits per heavy atom. The van der Waals surface area contributed by atoms with Gasteiger partial charge in [0.2, 0.25) is 0 Å². The second-order valence-corrected chi connectivity index (χ2v) is 4.94. The third-order valence-corrected chi connectivity index (χ3v) is 3.27. The minimum absolute atomic E-state index is 0.908. The zero-order chi connectivity index (χ0) is 8.97. The van der Waals surface area contributed by atoms with E-state index in [1.807, 2.05) is 0 Å². The normalized spacial score (nSPS) is 31.0. The van der Waals surface area contributed by atoms with Crippen molar-refractivity contribution in [2.24, 2.45) is 17.8 Å². The van der Waals surface area contributed by atoms with Crippen LogP contribution < -0.4 is 0 Å². The van der Waals surface area contributed by atoms with Gasteiger partial charge in [0.1, 0.15) is 0 Å². The van der Waals surface area contributed by atoms with Gasteiger partial charge >= 0.3 is 0 Å². The highest BCUT2D eigenvalue weighted by molar-refractivity contribution is 4.73. The van der Waals surface area contributed by atoms with Crippen molar-refractivity contribution in [2.75, 3.05) is 0 Å². The van der Waals surface area contributed by atoms with Crippen LogP contribution in [-0.4, -0.2) is 0 Å². The lowest BCUT2D eigenvalue weighted by Crippen LogP contribution is -2.16. The average molecular weight is 168 g/mol. The lowest BCUT2D eigenvalue weighted by molar-refractivity contribution is 0.231. The van der Waals surface area contributed by atoms with Gasteiger partial charge in [0.25, 0.3) is 0 Å². The molecule has 1 rings (SSSR count). The van der Waals surface area contributed by atoms with Gasteiger partial charge in [-0.3, -0.25) is 0 Å². The topological polar surface area (TPSA) is 0 Å². The molecule has 12 heavy (non-hydrogen) atoms. The molecule has 0 bridgehead atoms. The van der Waals surface area contributed by atoms with Gasteiger partial charge in [-0.15, -0.1) is 0 Å². The number of hydrogen-bond donors (Lipinski definition) is 0. The maximum Gasteiger partial charge on any atom is -0.0409 e.